The molecule has 2 aromatic rings. The normalized spacial score (nSPS) is 12.6. The average molecular weight is 216 g/mol. The Morgan fingerprint density at radius 2 is 2.12 bits per heavy atom. The minimum absolute atomic E-state index is 0.253. The zero-order valence-corrected chi connectivity index (χ0v) is 9.59. The molecule has 0 aliphatic carbocycles. The summed E-state index contributed by atoms with van der Waals surface area (Å²) < 4.78 is 1.96. The Bertz CT molecular complexity index is 435. The van der Waals surface area contributed by atoms with E-state index in [2.05, 4.69) is 15.3 Å². The molecule has 0 saturated heterocycles. The van der Waals surface area contributed by atoms with Crippen LogP contribution in [-0.2, 0) is 13.5 Å². The Hall–Kier alpha value is -1.68. The molecule has 0 aliphatic heterocycles. The number of nitrogens with zero attached hydrogens (tertiary/aromatic N) is 3. The third kappa shape index (κ3) is 2.46. The number of pyridine rings is 1. The van der Waals surface area contributed by atoms with E-state index in [0.29, 0.717) is 0 Å². The van der Waals surface area contributed by atoms with Crippen LogP contribution in [0.15, 0.2) is 37.1 Å². The number of hydrogen-bond donors (Lipinski definition) is 1. The standard InChI is InChI=1S/C12H16N4/c1-13-11(12-8-16(2)9-15-12)7-10-3-5-14-6-4-10/h3-6,8-9,11,13H,7H2,1-2H3. The molecule has 16 heavy (non-hydrogen) atoms. The zero-order valence-electron chi connectivity index (χ0n) is 9.59. The van der Waals surface area contributed by atoms with Crippen LogP contribution in [0.4, 0.5) is 0 Å². The van der Waals surface area contributed by atoms with Crippen molar-refractivity contribution in [2.45, 2.75) is 12.5 Å². The van der Waals surface area contributed by atoms with Gasteiger partial charge in [-0.25, -0.2) is 4.98 Å². The Balaban J connectivity index is 2.12. The molecule has 0 aromatic carbocycles. The van der Waals surface area contributed by atoms with Crippen molar-refractivity contribution in [1.29, 1.82) is 0 Å². The van der Waals surface area contributed by atoms with E-state index in [0.717, 1.165) is 12.1 Å². The first-order chi connectivity index (χ1) is 7.79. The third-order valence-electron chi connectivity index (χ3n) is 2.62. The van der Waals surface area contributed by atoms with Gasteiger partial charge in [0, 0.05) is 25.6 Å². The Kier molecular flexibility index (Phi) is 3.31. The molecular formula is C12H16N4. The molecule has 2 heterocycles. The summed E-state index contributed by atoms with van der Waals surface area (Å²) in [5.74, 6) is 0. The van der Waals surface area contributed by atoms with Gasteiger partial charge in [0.05, 0.1) is 18.1 Å². The van der Waals surface area contributed by atoms with Gasteiger partial charge in [-0.05, 0) is 31.2 Å². The second-order valence-electron chi connectivity index (χ2n) is 3.86. The molecule has 84 valence electrons. The maximum absolute atomic E-state index is 4.37. The minimum atomic E-state index is 0.253. The average Bonchev–Trinajstić information content (AvgIpc) is 2.74. The van der Waals surface area contributed by atoms with E-state index in [1.807, 2.05) is 55.7 Å². The van der Waals surface area contributed by atoms with E-state index in [-0.39, 0.29) is 6.04 Å². The first kappa shape index (κ1) is 10.8. The van der Waals surface area contributed by atoms with Crippen molar-refractivity contribution in [2.75, 3.05) is 7.05 Å². The van der Waals surface area contributed by atoms with E-state index in [1.165, 1.54) is 5.56 Å². The van der Waals surface area contributed by atoms with Gasteiger partial charge in [0.25, 0.3) is 0 Å². The van der Waals surface area contributed by atoms with Gasteiger partial charge in [0.2, 0.25) is 0 Å². The topological polar surface area (TPSA) is 42.7 Å². The summed E-state index contributed by atoms with van der Waals surface area (Å²) in [6.07, 6.45) is 8.44. The third-order valence-corrected chi connectivity index (χ3v) is 2.62. The van der Waals surface area contributed by atoms with Crippen molar-refractivity contribution in [3.63, 3.8) is 0 Å². The van der Waals surface area contributed by atoms with Gasteiger partial charge in [-0.15, -0.1) is 0 Å². The SMILES string of the molecule is CNC(Cc1ccncc1)c1cn(C)cn1. The number of nitrogens with one attached hydrogen (secondary N) is 1. The van der Waals surface area contributed by atoms with Gasteiger partial charge < -0.3 is 9.88 Å². The molecule has 0 spiro atoms. The van der Waals surface area contributed by atoms with E-state index in [9.17, 15) is 0 Å². The predicted octanol–water partition coefficient (Wildman–Crippen LogP) is 1.32. The fourth-order valence-electron chi connectivity index (χ4n) is 1.72. The van der Waals surface area contributed by atoms with Crippen LogP contribution in [0.25, 0.3) is 0 Å². The van der Waals surface area contributed by atoms with Gasteiger partial charge in [-0.3, -0.25) is 4.98 Å². The lowest BCUT2D eigenvalue weighted by atomic mass is 10.1. The summed E-state index contributed by atoms with van der Waals surface area (Å²) in [7, 11) is 3.94. The minimum Gasteiger partial charge on any atom is -0.340 e. The molecule has 0 fully saturated rings. The monoisotopic (exact) mass is 216 g/mol. The lowest BCUT2D eigenvalue weighted by molar-refractivity contribution is 0.577. The van der Waals surface area contributed by atoms with E-state index < -0.39 is 0 Å². The highest BCUT2D eigenvalue weighted by Crippen LogP contribution is 2.15. The number of hydrogen-bond acceptors (Lipinski definition) is 3. The molecule has 2 rings (SSSR count). The van der Waals surface area contributed by atoms with Crippen LogP contribution in [-0.4, -0.2) is 21.6 Å². The molecule has 0 amide bonds. The molecule has 2 aromatic heterocycles. The molecule has 1 atom stereocenters. The fraction of sp³-hybridized carbons (Fsp3) is 0.333. The summed E-state index contributed by atoms with van der Waals surface area (Å²) in [5, 5.41) is 3.28. The quantitative estimate of drug-likeness (QED) is 0.838. The van der Waals surface area contributed by atoms with E-state index >= 15 is 0 Å². The summed E-state index contributed by atoms with van der Waals surface area (Å²) in [6.45, 7) is 0. The Labute approximate surface area is 95.4 Å². The highest BCUT2D eigenvalue weighted by atomic mass is 15.0. The number of imidazole rings is 1. The van der Waals surface area contributed by atoms with Gasteiger partial charge in [-0.1, -0.05) is 0 Å². The predicted molar refractivity (Wildman–Crippen MR) is 62.9 cm³/mol. The molecule has 4 nitrogen and oxygen atoms in total. The lowest BCUT2D eigenvalue weighted by Crippen LogP contribution is -2.19. The number of likely N-dealkylation sites (N-methyl/N-ethyl adjacent to an activating group) is 1. The molecular weight excluding hydrogens is 200 g/mol. The molecule has 0 aliphatic rings. The van der Waals surface area contributed by atoms with Crippen LogP contribution in [0, 0.1) is 0 Å². The Morgan fingerprint density at radius 3 is 2.69 bits per heavy atom. The second-order valence-corrected chi connectivity index (χ2v) is 3.86. The van der Waals surface area contributed by atoms with Crippen molar-refractivity contribution in [2.24, 2.45) is 7.05 Å². The van der Waals surface area contributed by atoms with Gasteiger partial charge in [0.15, 0.2) is 0 Å². The molecule has 1 unspecified atom stereocenters. The van der Waals surface area contributed by atoms with Crippen molar-refractivity contribution < 1.29 is 0 Å². The van der Waals surface area contributed by atoms with Crippen molar-refractivity contribution in [3.05, 3.63) is 48.3 Å². The largest absolute Gasteiger partial charge is 0.340 e. The van der Waals surface area contributed by atoms with Crippen LogP contribution in [0.5, 0.6) is 0 Å². The van der Waals surface area contributed by atoms with Crippen LogP contribution in [0.1, 0.15) is 17.3 Å². The maximum atomic E-state index is 4.37. The molecule has 0 radical (unpaired) electrons. The van der Waals surface area contributed by atoms with Crippen LogP contribution in [0.3, 0.4) is 0 Å². The fourth-order valence-corrected chi connectivity index (χ4v) is 1.72. The van der Waals surface area contributed by atoms with Crippen LogP contribution in [0.2, 0.25) is 0 Å². The zero-order chi connectivity index (χ0) is 11.4. The second kappa shape index (κ2) is 4.90. The van der Waals surface area contributed by atoms with Gasteiger partial charge in [-0.2, -0.15) is 0 Å². The van der Waals surface area contributed by atoms with Gasteiger partial charge >= 0.3 is 0 Å². The summed E-state index contributed by atoms with van der Waals surface area (Å²) >= 11 is 0. The highest BCUT2D eigenvalue weighted by molar-refractivity contribution is 5.15. The summed E-state index contributed by atoms with van der Waals surface area (Å²) in [5.41, 5.74) is 2.34. The molecule has 0 bridgehead atoms. The number of rotatable bonds is 4. The van der Waals surface area contributed by atoms with Gasteiger partial charge in [0.1, 0.15) is 0 Å². The number of aromatic nitrogens is 3. The van der Waals surface area contributed by atoms with E-state index in [1.54, 1.807) is 0 Å². The first-order valence-corrected chi connectivity index (χ1v) is 5.33. The van der Waals surface area contributed by atoms with Crippen molar-refractivity contribution in [3.8, 4) is 0 Å². The van der Waals surface area contributed by atoms with Crippen molar-refractivity contribution in [1.82, 2.24) is 19.9 Å². The first-order valence-electron chi connectivity index (χ1n) is 5.33. The van der Waals surface area contributed by atoms with Crippen LogP contribution < -0.4 is 5.32 Å². The summed E-state index contributed by atoms with van der Waals surface area (Å²) in [4.78, 5) is 8.38. The molecule has 1 N–H and O–H groups in total. The highest BCUT2D eigenvalue weighted by Gasteiger charge is 2.12. The Morgan fingerprint density at radius 1 is 1.38 bits per heavy atom. The maximum Gasteiger partial charge on any atom is 0.0947 e. The molecule has 4 heteroatoms. The smallest absolute Gasteiger partial charge is 0.0947 e. The molecule has 0 saturated carbocycles. The lowest BCUT2D eigenvalue weighted by Gasteiger charge is -2.13. The van der Waals surface area contributed by atoms with Crippen LogP contribution >= 0.6 is 0 Å². The van der Waals surface area contributed by atoms with E-state index in [4.69, 9.17) is 0 Å². The summed E-state index contributed by atoms with van der Waals surface area (Å²) in [6, 6.07) is 4.32. The number of aryl methyl sites for hydroxylation is 1. The van der Waals surface area contributed by atoms with Crippen molar-refractivity contribution >= 4 is 0 Å².